The molecule has 0 aliphatic rings. The minimum Gasteiger partial charge on any atom is -0.506 e. The maximum absolute atomic E-state index is 9.95. The van der Waals surface area contributed by atoms with E-state index < -0.39 is 0 Å². The molecule has 2 aromatic rings. The molecule has 84 valence electrons. The third-order valence-corrected chi connectivity index (χ3v) is 4.26. The first kappa shape index (κ1) is 12.1. The minimum atomic E-state index is -0.297. The summed E-state index contributed by atoms with van der Waals surface area (Å²) in [5.41, 5.74) is 6.82. The SMILES string of the molecule is N[C@@H](c1cccs1)c1cc(Br)cc(Br)c1O. The van der Waals surface area contributed by atoms with Gasteiger partial charge in [-0.2, -0.15) is 0 Å². The van der Waals surface area contributed by atoms with Crippen LogP contribution in [0.25, 0.3) is 0 Å². The van der Waals surface area contributed by atoms with E-state index in [1.807, 2.05) is 23.6 Å². The van der Waals surface area contributed by atoms with Crippen molar-refractivity contribution in [1.29, 1.82) is 0 Å². The lowest BCUT2D eigenvalue weighted by atomic mass is 10.1. The topological polar surface area (TPSA) is 46.2 Å². The lowest BCUT2D eigenvalue weighted by Gasteiger charge is -2.13. The van der Waals surface area contributed by atoms with Crippen molar-refractivity contribution in [2.24, 2.45) is 5.73 Å². The molecule has 3 N–H and O–H groups in total. The van der Waals surface area contributed by atoms with Gasteiger partial charge in [0.05, 0.1) is 10.5 Å². The third-order valence-electron chi connectivity index (χ3n) is 2.24. The van der Waals surface area contributed by atoms with Crippen LogP contribution in [-0.2, 0) is 0 Å². The van der Waals surface area contributed by atoms with Gasteiger partial charge in [-0.05, 0) is 39.5 Å². The summed E-state index contributed by atoms with van der Waals surface area (Å²) >= 11 is 8.26. The number of nitrogens with two attached hydrogens (primary N) is 1. The summed E-state index contributed by atoms with van der Waals surface area (Å²) < 4.78 is 1.53. The van der Waals surface area contributed by atoms with Crippen molar-refractivity contribution in [3.8, 4) is 5.75 Å². The molecular weight excluding hydrogens is 354 g/mol. The Balaban J connectivity index is 2.48. The molecule has 1 atom stereocenters. The molecule has 0 amide bonds. The molecule has 1 aromatic carbocycles. The second kappa shape index (κ2) is 4.87. The van der Waals surface area contributed by atoms with Gasteiger partial charge in [0.2, 0.25) is 0 Å². The molecule has 5 heteroatoms. The van der Waals surface area contributed by atoms with Crippen molar-refractivity contribution in [3.05, 3.63) is 49.0 Å². The van der Waals surface area contributed by atoms with Crippen molar-refractivity contribution in [1.82, 2.24) is 0 Å². The number of phenols is 1. The van der Waals surface area contributed by atoms with E-state index in [9.17, 15) is 5.11 Å². The molecule has 0 unspecified atom stereocenters. The van der Waals surface area contributed by atoms with Gasteiger partial charge >= 0.3 is 0 Å². The number of hydrogen-bond donors (Lipinski definition) is 2. The maximum Gasteiger partial charge on any atom is 0.134 e. The zero-order valence-corrected chi connectivity index (χ0v) is 12.1. The Labute approximate surface area is 114 Å². The van der Waals surface area contributed by atoms with Crippen LogP contribution in [0.15, 0.2) is 38.6 Å². The van der Waals surface area contributed by atoms with Crippen LogP contribution in [0, 0.1) is 0 Å². The number of rotatable bonds is 2. The summed E-state index contributed by atoms with van der Waals surface area (Å²) in [4.78, 5) is 1.03. The summed E-state index contributed by atoms with van der Waals surface area (Å²) in [5.74, 6) is 0.198. The van der Waals surface area contributed by atoms with E-state index in [0.717, 1.165) is 9.35 Å². The third kappa shape index (κ3) is 2.32. The number of halogens is 2. The molecule has 1 heterocycles. The monoisotopic (exact) mass is 361 g/mol. The molecule has 0 saturated heterocycles. The highest BCUT2D eigenvalue weighted by molar-refractivity contribution is 9.11. The zero-order valence-electron chi connectivity index (χ0n) is 8.15. The Bertz CT molecular complexity index is 499. The van der Waals surface area contributed by atoms with Crippen LogP contribution in [0.2, 0.25) is 0 Å². The van der Waals surface area contributed by atoms with Crippen LogP contribution in [0.3, 0.4) is 0 Å². The number of hydrogen-bond acceptors (Lipinski definition) is 3. The van der Waals surface area contributed by atoms with Crippen LogP contribution in [0.5, 0.6) is 5.75 Å². The van der Waals surface area contributed by atoms with E-state index in [4.69, 9.17) is 5.73 Å². The number of aromatic hydroxyl groups is 1. The maximum atomic E-state index is 9.95. The van der Waals surface area contributed by atoms with Gasteiger partial charge in [0.1, 0.15) is 5.75 Å². The first-order chi connectivity index (χ1) is 7.59. The molecule has 0 aliphatic carbocycles. The molecule has 0 bridgehead atoms. The van der Waals surface area contributed by atoms with E-state index in [-0.39, 0.29) is 11.8 Å². The van der Waals surface area contributed by atoms with Gasteiger partial charge in [-0.15, -0.1) is 11.3 Å². The Hall–Kier alpha value is -0.360. The Morgan fingerprint density at radius 2 is 2.06 bits per heavy atom. The first-order valence-corrected chi connectivity index (χ1v) is 7.03. The second-order valence-corrected chi connectivity index (χ2v) is 6.07. The Kier molecular flexibility index (Phi) is 3.69. The molecule has 0 spiro atoms. The predicted octanol–water partition coefficient (Wildman–Crippen LogP) is 4.03. The number of benzene rings is 1. The zero-order chi connectivity index (χ0) is 11.7. The van der Waals surface area contributed by atoms with E-state index >= 15 is 0 Å². The predicted molar refractivity (Wildman–Crippen MR) is 73.9 cm³/mol. The molecule has 0 fully saturated rings. The van der Waals surface area contributed by atoms with Gasteiger partial charge < -0.3 is 10.8 Å². The van der Waals surface area contributed by atoms with Crippen LogP contribution in [0.4, 0.5) is 0 Å². The van der Waals surface area contributed by atoms with Gasteiger partial charge in [0, 0.05) is 14.9 Å². The van der Waals surface area contributed by atoms with Gasteiger partial charge in [-0.3, -0.25) is 0 Å². The molecule has 0 saturated carbocycles. The van der Waals surface area contributed by atoms with Gasteiger partial charge in [0.25, 0.3) is 0 Å². The molecule has 16 heavy (non-hydrogen) atoms. The number of thiophene rings is 1. The highest BCUT2D eigenvalue weighted by atomic mass is 79.9. The van der Waals surface area contributed by atoms with Crippen LogP contribution >= 0.6 is 43.2 Å². The van der Waals surface area contributed by atoms with E-state index in [0.29, 0.717) is 10.0 Å². The summed E-state index contributed by atoms with van der Waals surface area (Å²) in [5, 5.41) is 11.9. The van der Waals surface area contributed by atoms with Crippen molar-refractivity contribution in [2.45, 2.75) is 6.04 Å². The second-order valence-electron chi connectivity index (χ2n) is 3.32. The van der Waals surface area contributed by atoms with Gasteiger partial charge in [-0.1, -0.05) is 22.0 Å². The largest absolute Gasteiger partial charge is 0.506 e. The lowest BCUT2D eigenvalue weighted by molar-refractivity contribution is 0.462. The van der Waals surface area contributed by atoms with E-state index in [2.05, 4.69) is 31.9 Å². The lowest BCUT2D eigenvalue weighted by Crippen LogP contribution is -2.10. The van der Waals surface area contributed by atoms with E-state index in [1.54, 1.807) is 17.4 Å². The average Bonchev–Trinajstić information content (AvgIpc) is 2.75. The molecule has 2 rings (SSSR count). The fourth-order valence-electron chi connectivity index (χ4n) is 1.44. The van der Waals surface area contributed by atoms with Gasteiger partial charge in [0.15, 0.2) is 0 Å². The molecule has 1 aromatic heterocycles. The summed E-state index contributed by atoms with van der Waals surface area (Å²) in [6.45, 7) is 0. The van der Waals surface area contributed by atoms with Crippen molar-refractivity contribution in [3.63, 3.8) is 0 Å². The standard InChI is InChI=1S/C11H9Br2NOS/c12-6-4-7(11(15)8(13)5-6)10(14)9-2-1-3-16-9/h1-5,10,15H,14H2/t10-/m1/s1. The highest BCUT2D eigenvalue weighted by Gasteiger charge is 2.16. The van der Waals surface area contributed by atoms with Crippen LogP contribution in [0.1, 0.15) is 16.5 Å². The first-order valence-electron chi connectivity index (χ1n) is 4.56. The van der Waals surface area contributed by atoms with Crippen LogP contribution in [-0.4, -0.2) is 5.11 Å². The average molecular weight is 363 g/mol. The van der Waals surface area contributed by atoms with Crippen molar-refractivity contribution >= 4 is 43.2 Å². The smallest absolute Gasteiger partial charge is 0.134 e. The summed E-state index contributed by atoms with van der Waals surface area (Å²) in [6, 6.07) is 7.24. The summed E-state index contributed by atoms with van der Waals surface area (Å²) in [7, 11) is 0. The Morgan fingerprint density at radius 1 is 1.31 bits per heavy atom. The van der Waals surface area contributed by atoms with Crippen molar-refractivity contribution < 1.29 is 5.11 Å². The summed E-state index contributed by atoms with van der Waals surface area (Å²) in [6.07, 6.45) is 0. The van der Waals surface area contributed by atoms with E-state index in [1.165, 1.54) is 0 Å². The fraction of sp³-hybridized carbons (Fsp3) is 0.0909. The van der Waals surface area contributed by atoms with Crippen LogP contribution < -0.4 is 5.73 Å². The molecule has 2 nitrogen and oxygen atoms in total. The fourth-order valence-corrected chi connectivity index (χ4v) is 3.45. The molecular formula is C11H9Br2NOS. The molecule has 0 radical (unpaired) electrons. The number of phenolic OH excluding ortho intramolecular Hbond substituents is 1. The highest BCUT2D eigenvalue weighted by Crippen LogP contribution is 2.37. The Morgan fingerprint density at radius 3 is 2.69 bits per heavy atom. The minimum absolute atomic E-state index is 0.198. The van der Waals surface area contributed by atoms with Gasteiger partial charge in [-0.25, -0.2) is 0 Å². The molecule has 0 aliphatic heterocycles. The van der Waals surface area contributed by atoms with Crippen molar-refractivity contribution in [2.75, 3.05) is 0 Å². The quantitative estimate of drug-likeness (QED) is 0.847. The normalized spacial score (nSPS) is 12.7.